The molecule has 0 saturated carbocycles. The predicted octanol–water partition coefficient (Wildman–Crippen LogP) is 3.31. The van der Waals surface area contributed by atoms with Gasteiger partial charge < -0.3 is 0 Å². The van der Waals surface area contributed by atoms with Crippen LogP contribution in [0.5, 0.6) is 0 Å². The number of nitro benzene ring substituents is 1. The van der Waals surface area contributed by atoms with Crippen LogP contribution < -0.4 is 0 Å². The summed E-state index contributed by atoms with van der Waals surface area (Å²) in [4.78, 5) is 10.1. The highest BCUT2D eigenvalue weighted by molar-refractivity contribution is 5.78. The molecule has 0 heterocycles. The molecule has 1 aliphatic rings. The van der Waals surface area contributed by atoms with Gasteiger partial charge >= 0.3 is 0 Å². The van der Waals surface area contributed by atoms with E-state index in [1.165, 1.54) is 12.1 Å². The van der Waals surface area contributed by atoms with Crippen LogP contribution in [0.25, 0.3) is 5.57 Å². The van der Waals surface area contributed by atoms with Gasteiger partial charge in [0.05, 0.1) is 4.92 Å². The fraction of sp³-hybridized carbons (Fsp3) is 0. The number of nitrogens with zero attached hydrogens (tertiary/aromatic N) is 1. The highest BCUT2D eigenvalue weighted by Gasteiger charge is 2.04. The Kier molecular flexibility index (Phi) is 2.60. The summed E-state index contributed by atoms with van der Waals surface area (Å²) in [5.74, 6) is 0. The third kappa shape index (κ3) is 2.03. The van der Waals surface area contributed by atoms with Crippen molar-refractivity contribution in [3.8, 4) is 0 Å². The molecule has 1 aromatic rings. The van der Waals surface area contributed by atoms with Crippen LogP contribution in [0, 0.1) is 16.5 Å². The highest BCUT2D eigenvalue weighted by Crippen LogP contribution is 2.24. The van der Waals surface area contributed by atoms with Gasteiger partial charge in [-0.1, -0.05) is 23.3 Å². The van der Waals surface area contributed by atoms with Crippen LogP contribution in [-0.4, -0.2) is 4.92 Å². The lowest BCUT2D eigenvalue weighted by molar-refractivity contribution is -0.384. The van der Waals surface area contributed by atoms with E-state index in [0.29, 0.717) is 0 Å². The molecule has 1 aliphatic carbocycles. The van der Waals surface area contributed by atoms with Crippen molar-refractivity contribution in [1.82, 2.24) is 0 Å². The van der Waals surface area contributed by atoms with E-state index in [4.69, 9.17) is 0 Å². The first-order chi connectivity index (χ1) is 7.66. The standard InChI is InChI=1S/C13H10NO2/c1-10-2-4-11(5-3-10)12-6-8-13(9-7-12)14(15)16/h2-9H,1H2/q-1. The molecule has 3 heteroatoms. The lowest BCUT2D eigenvalue weighted by Crippen LogP contribution is -1.90. The van der Waals surface area contributed by atoms with E-state index >= 15 is 0 Å². The van der Waals surface area contributed by atoms with Crippen molar-refractivity contribution in [3.05, 3.63) is 76.7 Å². The summed E-state index contributed by atoms with van der Waals surface area (Å²) >= 11 is 0. The minimum atomic E-state index is -0.400. The Labute approximate surface area is 93.6 Å². The molecule has 0 fully saturated rings. The monoisotopic (exact) mass is 212 g/mol. The molecule has 0 radical (unpaired) electrons. The normalized spacial score (nSPS) is 14.2. The first-order valence-corrected chi connectivity index (χ1v) is 4.84. The quantitative estimate of drug-likeness (QED) is 0.429. The lowest BCUT2D eigenvalue weighted by Gasteiger charge is -2.15. The van der Waals surface area contributed by atoms with Crippen molar-refractivity contribution in [2.75, 3.05) is 0 Å². The minimum Gasteiger partial charge on any atom is -0.258 e. The Balaban J connectivity index is 2.26. The third-order valence-electron chi connectivity index (χ3n) is 2.37. The minimum absolute atomic E-state index is 0.109. The molecular formula is C13H10NO2-. The average Bonchev–Trinajstić information content (AvgIpc) is 2.30. The largest absolute Gasteiger partial charge is 0.269 e. The maximum Gasteiger partial charge on any atom is 0.269 e. The molecule has 0 spiro atoms. The third-order valence-corrected chi connectivity index (χ3v) is 2.37. The average molecular weight is 212 g/mol. The Morgan fingerprint density at radius 3 is 2.38 bits per heavy atom. The van der Waals surface area contributed by atoms with Gasteiger partial charge in [0, 0.05) is 12.1 Å². The van der Waals surface area contributed by atoms with E-state index in [1.54, 1.807) is 12.1 Å². The summed E-state index contributed by atoms with van der Waals surface area (Å²) in [7, 11) is 0. The first-order valence-electron chi connectivity index (χ1n) is 4.84. The Hall–Kier alpha value is -2.29. The van der Waals surface area contributed by atoms with Crippen molar-refractivity contribution in [1.29, 1.82) is 0 Å². The summed E-state index contributed by atoms with van der Waals surface area (Å²) in [6, 6.07) is 6.51. The number of benzene rings is 1. The number of non-ortho nitro benzene ring substituents is 1. The topological polar surface area (TPSA) is 43.1 Å². The van der Waals surface area contributed by atoms with Gasteiger partial charge in [-0.3, -0.25) is 10.1 Å². The first kappa shape index (κ1) is 10.2. The van der Waals surface area contributed by atoms with Gasteiger partial charge in [0.15, 0.2) is 0 Å². The molecule has 2 rings (SSSR count). The molecule has 80 valence electrons. The van der Waals surface area contributed by atoms with Crippen LogP contribution in [0.4, 0.5) is 5.69 Å². The molecule has 0 saturated heterocycles. The van der Waals surface area contributed by atoms with E-state index in [0.717, 1.165) is 16.7 Å². The molecule has 0 atom stereocenters. The van der Waals surface area contributed by atoms with Crippen molar-refractivity contribution >= 4 is 11.3 Å². The number of hydrogen-bond donors (Lipinski definition) is 0. The summed E-state index contributed by atoms with van der Waals surface area (Å²) in [5.41, 5.74) is 3.05. The fourth-order valence-electron chi connectivity index (χ4n) is 1.47. The molecule has 0 aromatic heterocycles. The highest BCUT2D eigenvalue weighted by atomic mass is 16.6. The Bertz CT molecular complexity index is 495. The second kappa shape index (κ2) is 4.06. The number of nitro groups is 1. The number of rotatable bonds is 2. The second-order valence-corrected chi connectivity index (χ2v) is 3.50. The van der Waals surface area contributed by atoms with Crippen LogP contribution in [0.3, 0.4) is 0 Å². The zero-order chi connectivity index (χ0) is 11.5. The molecule has 3 nitrogen and oxygen atoms in total. The van der Waals surface area contributed by atoms with Gasteiger partial charge in [0.25, 0.3) is 5.69 Å². The van der Waals surface area contributed by atoms with Crippen LogP contribution in [0.1, 0.15) is 5.56 Å². The summed E-state index contributed by atoms with van der Waals surface area (Å²) in [6.45, 7) is 3.80. The Morgan fingerprint density at radius 2 is 1.88 bits per heavy atom. The van der Waals surface area contributed by atoms with Gasteiger partial charge in [-0.05, 0) is 0 Å². The fourth-order valence-corrected chi connectivity index (χ4v) is 1.47. The summed E-state index contributed by atoms with van der Waals surface area (Å²) in [5, 5.41) is 10.5. The molecule has 0 N–H and O–H groups in total. The SMILES string of the molecule is C=C1C=CC(c2ccc([N+](=O)[O-])cc2)=C[CH-]1. The molecule has 0 aliphatic heterocycles. The summed E-state index contributed by atoms with van der Waals surface area (Å²) in [6.07, 6.45) is 7.72. The molecule has 16 heavy (non-hydrogen) atoms. The van der Waals surface area contributed by atoms with E-state index in [9.17, 15) is 10.1 Å². The van der Waals surface area contributed by atoms with Crippen molar-refractivity contribution < 1.29 is 4.92 Å². The molecule has 0 bridgehead atoms. The van der Waals surface area contributed by atoms with E-state index < -0.39 is 4.92 Å². The van der Waals surface area contributed by atoms with E-state index in [2.05, 4.69) is 6.58 Å². The smallest absolute Gasteiger partial charge is 0.258 e. The zero-order valence-electron chi connectivity index (χ0n) is 8.59. The number of hydrogen-bond acceptors (Lipinski definition) is 2. The van der Waals surface area contributed by atoms with Crippen LogP contribution in [-0.2, 0) is 0 Å². The molecular weight excluding hydrogens is 202 g/mol. The van der Waals surface area contributed by atoms with Crippen molar-refractivity contribution in [2.45, 2.75) is 0 Å². The van der Waals surface area contributed by atoms with Crippen LogP contribution >= 0.6 is 0 Å². The van der Waals surface area contributed by atoms with Gasteiger partial charge in [-0.15, -0.1) is 24.6 Å². The van der Waals surface area contributed by atoms with Crippen molar-refractivity contribution in [3.63, 3.8) is 0 Å². The Morgan fingerprint density at radius 1 is 1.19 bits per heavy atom. The van der Waals surface area contributed by atoms with Gasteiger partial charge in [-0.25, -0.2) is 0 Å². The predicted molar refractivity (Wildman–Crippen MR) is 63.7 cm³/mol. The maximum atomic E-state index is 10.5. The maximum absolute atomic E-state index is 10.5. The molecule has 0 amide bonds. The zero-order valence-corrected chi connectivity index (χ0v) is 8.59. The summed E-state index contributed by atoms with van der Waals surface area (Å²) < 4.78 is 0. The van der Waals surface area contributed by atoms with E-state index in [1.807, 2.05) is 24.6 Å². The molecule has 1 aromatic carbocycles. The second-order valence-electron chi connectivity index (χ2n) is 3.50. The lowest BCUT2D eigenvalue weighted by atomic mass is 9.97. The number of allylic oxidation sites excluding steroid dienone is 5. The van der Waals surface area contributed by atoms with Gasteiger partial charge in [0.2, 0.25) is 0 Å². The molecule has 0 unspecified atom stereocenters. The van der Waals surface area contributed by atoms with Gasteiger partial charge in [-0.2, -0.15) is 12.2 Å². The van der Waals surface area contributed by atoms with Gasteiger partial charge in [0.1, 0.15) is 0 Å². The van der Waals surface area contributed by atoms with E-state index in [-0.39, 0.29) is 5.69 Å². The van der Waals surface area contributed by atoms with Crippen LogP contribution in [0.2, 0.25) is 0 Å². The van der Waals surface area contributed by atoms with Crippen LogP contribution in [0.15, 0.2) is 54.6 Å². The van der Waals surface area contributed by atoms with Crippen molar-refractivity contribution in [2.24, 2.45) is 0 Å².